The third-order valence-electron chi connectivity index (χ3n) is 19.9. The van der Waals surface area contributed by atoms with Crippen molar-refractivity contribution in [2.75, 3.05) is 18.1 Å². The van der Waals surface area contributed by atoms with Crippen LogP contribution in [-0.4, -0.2) is 226 Å². The Kier molecular flexibility index (Phi) is 31.4. The Morgan fingerprint density at radius 1 is 0.564 bits per heavy atom. The van der Waals surface area contributed by atoms with E-state index >= 15 is 24.0 Å². The molecule has 14 atom stereocenters. The van der Waals surface area contributed by atoms with E-state index in [1.807, 2.05) is 30.3 Å². The molecule has 117 heavy (non-hydrogen) atoms. The summed E-state index contributed by atoms with van der Waals surface area (Å²) in [5, 5.41) is 50.5. The fraction of sp³-hybridized carbons (Fsp3) is 0.397. The van der Waals surface area contributed by atoms with Crippen LogP contribution in [0, 0.1) is 5.92 Å². The van der Waals surface area contributed by atoms with Crippen LogP contribution in [0.2, 0.25) is 0 Å². The molecule has 0 unspecified atom stereocenters. The molecule has 9 rings (SSSR count). The SMILES string of the molecule is CC[C@H](C)[C@H](NC(=O)[C@@H](NC(=O)[C@H](Cc1c[nH]c2ccccc12)NC(C)=O)[C@@H](C)O)C(=O)N[C@H]1CSSC[C@@H](C(=O)N[C@@H](Cc2c[nH]c3ccccc23)C(=O)N2CCC[C@H]2C(N)=O)NC(=O)[C@H](CC(=O)O)NC(=O)[C@H](Cc2cnc[nH]2)NC(=O)[C@H](Cc2ccc(-c3ccccc3)cc2)NC(=O)[C@H](CC(N)=O)NC(=O)[C@H](CC(N)=O)NC1=O. The maximum atomic E-state index is 15.4. The third-order valence-corrected chi connectivity index (χ3v) is 22.3. The Bertz CT molecular complexity index is 4790. The summed E-state index contributed by atoms with van der Waals surface area (Å²) >= 11 is 0. The number of aliphatic hydroxyl groups is 1. The van der Waals surface area contributed by atoms with Crippen LogP contribution in [0.25, 0.3) is 32.9 Å². The Labute approximate surface area is 678 Å². The van der Waals surface area contributed by atoms with Crippen LogP contribution < -0.4 is 75.7 Å². The van der Waals surface area contributed by atoms with Crippen LogP contribution in [0.3, 0.4) is 0 Å². The van der Waals surface area contributed by atoms with Crippen molar-refractivity contribution in [2.24, 2.45) is 23.1 Å². The monoisotopic (exact) mass is 1650 g/mol. The summed E-state index contributed by atoms with van der Waals surface area (Å²) in [7, 11) is 1.43. The predicted octanol–water partition coefficient (Wildman–Crippen LogP) is -1.81. The van der Waals surface area contributed by atoms with Gasteiger partial charge in [-0.05, 0) is 65.6 Å². The molecule has 37 nitrogen and oxygen atoms in total. The van der Waals surface area contributed by atoms with Crippen molar-refractivity contribution < 1.29 is 86.9 Å². The molecule has 2 aliphatic rings. The van der Waals surface area contributed by atoms with Gasteiger partial charge in [-0.25, -0.2) is 4.98 Å². The summed E-state index contributed by atoms with van der Waals surface area (Å²) in [5.41, 5.74) is 21.8. The molecular weight excluding hydrogens is 1560 g/mol. The summed E-state index contributed by atoms with van der Waals surface area (Å²) in [5.74, 6) is -20.2. The number of hydrogen-bond acceptors (Lipinski definition) is 20. The van der Waals surface area contributed by atoms with Crippen molar-refractivity contribution in [1.82, 2.24) is 83.3 Å². The quantitative estimate of drug-likeness (QED) is 0.0230. The fourth-order valence-corrected chi connectivity index (χ4v) is 15.9. The highest BCUT2D eigenvalue weighted by molar-refractivity contribution is 8.76. The molecule has 7 aromatic rings. The van der Waals surface area contributed by atoms with Gasteiger partial charge in [-0.3, -0.25) is 76.7 Å². The molecule has 0 bridgehead atoms. The lowest BCUT2D eigenvalue weighted by Crippen LogP contribution is -2.63. The predicted molar refractivity (Wildman–Crippen MR) is 429 cm³/mol. The second-order valence-corrected chi connectivity index (χ2v) is 31.2. The number of nitrogens with zero attached hydrogens (tertiary/aromatic N) is 2. The van der Waals surface area contributed by atoms with Gasteiger partial charge in [0.2, 0.25) is 88.6 Å². The number of hydrogen-bond donors (Lipinski definition) is 19. The van der Waals surface area contributed by atoms with Crippen molar-refractivity contribution in [3.05, 3.63) is 150 Å². The zero-order valence-electron chi connectivity index (χ0n) is 64.3. The first-order valence-electron chi connectivity index (χ1n) is 37.7. The van der Waals surface area contributed by atoms with Crippen molar-refractivity contribution in [2.45, 2.75) is 171 Å². The van der Waals surface area contributed by atoms with Gasteiger partial charge in [0.05, 0.1) is 31.7 Å². The minimum Gasteiger partial charge on any atom is -0.481 e. The van der Waals surface area contributed by atoms with Crippen molar-refractivity contribution in [3.8, 4) is 11.1 Å². The second kappa shape index (κ2) is 41.6. The van der Waals surface area contributed by atoms with E-state index in [0.29, 0.717) is 44.8 Å². The Balaban J connectivity index is 1.10. The number of carboxylic acid groups (broad SMARTS) is 1. The molecule has 0 radical (unpaired) electrons. The molecule has 3 aromatic heterocycles. The molecule has 4 aromatic carbocycles. The normalized spacial score (nSPS) is 21.0. The number of imidazole rings is 1. The van der Waals surface area contributed by atoms with Crippen LogP contribution >= 0.6 is 21.6 Å². The van der Waals surface area contributed by atoms with Gasteiger partial charge in [-0.1, -0.05) is 133 Å². The van der Waals surface area contributed by atoms with Crippen molar-refractivity contribution >= 4 is 138 Å². The third kappa shape index (κ3) is 24.7. The molecular formula is C78H95N19O18S2. The van der Waals surface area contributed by atoms with Crippen LogP contribution in [0.15, 0.2) is 128 Å². The number of H-pyrrole nitrogens is 3. The number of nitrogens with one attached hydrogen (secondary N) is 14. The number of likely N-dealkylation sites (tertiary alicyclic amines) is 1. The summed E-state index contributed by atoms with van der Waals surface area (Å²) in [6.07, 6.45) is 0.384. The number of benzene rings is 4. The fourth-order valence-electron chi connectivity index (χ4n) is 13.5. The van der Waals surface area contributed by atoms with Crippen molar-refractivity contribution in [1.29, 1.82) is 0 Å². The first-order chi connectivity index (χ1) is 55.8. The zero-order chi connectivity index (χ0) is 84.7. The first-order valence-corrected chi connectivity index (χ1v) is 40.2. The Morgan fingerprint density at radius 3 is 1.62 bits per heavy atom. The van der Waals surface area contributed by atoms with E-state index in [1.165, 1.54) is 38.2 Å². The van der Waals surface area contributed by atoms with E-state index in [1.54, 1.807) is 92.1 Å². The lowest BCUT2D eigenvalue weighted by Gasteiger charge is -2.30. The van der Waals surface area contributed by atoms with Gasteiger partial charge in [0.1, 0.15) is 72.5 Å². The largest absolute Gasteiger partial charge is 0.481 e. The average molecular weight is 1650 g/mol. The van der Waals surface area contributed by atoms with Crippen LogP contribution in [0.4, 0.5) is 0 Å². The van der Waals surface area contributed by atoms with Gasteiger partial charge < -0.3 is 106 Å². The molecule has 0 aliphatic carbocycles. The van der Waals surface area contributed by atoms with E-state index in [4.69, 9.17) is 17.2 Å². The number of primary amides is 3. The minimum atomic E-state index is -2.11. The minimum absolute atomic E-state index is 0.0469. The molecule has 2 fully saturated rings. The van der Waals surface area contributed by atoms with Crippen LogP contribution in [0.1, 0.15) is 88.6 Å². The van der Waals surface area contributed by atoms with E-state index < -0.39 is 223 Å². The number of aliphatic hydroxyl groups excluding tert-OH is 1. The number of amides is 15. The number of aromatic nitrogens is 4. The number of aromatic amines is 3. The van der Waals surface area contributed by atoms with Crippen LogP contribution in [0.5, 0.6) is 0 Å². The first kappa shape index (κ1) is 88.3. The maximum absolute atomic E-state index is 15.4. The number of carbonyl (C=O) groups excluding carboxylic acids is 15. The van der Waals surface area contributed by atoms with Crippen LogP contribution in [-0.2, 0) is 102 Å². The molecule has 0 spiro atoms. The molecule has 2 aliphatic heterocycles. The molecule has 22 N–H and O–H groups in total. The molecule has 2 saturated heterocycles. The van der Waals surface area contributed by atoms with Gasteiger partial charge in [0, 0.05) is 96.7 Å². The van der Waals surface area contributed by atoms with Gasteiger partial charge in [0.15, 0.2) is 0 Å². The summed E-state index contributed by atoms with van der Waals surface area (Å²) < 4.78 is 0. The average Bonchev–Trinajstić information content (AvgIpc) is 1.71. The number of nitrogens with two attached hydrogens (primary N) is 3. The Hall–Kier alpha value is -12.7. The van der Waals surface area contributed by atoms with E-state index in [-0.39, 0.29) is 37.9 Å². The number of aliphatic carboxylic acids is 1. The lowest BCUT2D eigenvalue weighted by atomic mass is 9.97. The topological polar surface area (TPSA) is 587 Å². The standard InChI is InChI=1S/C78H95N19O18S2/c1-5-39(2)65(95-77(114)66(40(3)98)96-73(110)53(86-41(4)99)27-45-33-83-50-18-11-9-16-48(45)50)76(113)94-60-37-117-116-36-59(75(112)92-58(78(115)97-25-13-20-61(97)67(81)104)28-46-34-84-51-19-12-10-17-49(46)51)93-72(109)57(32-64(102)103)91-69(106)54(29-47-35-82-38-85-47)88-68(105)52(26-42-21-23-44(24-22-42)43-14-7-6-8-15-43)87-70(107)55(30-62(79)100)89-71(108)56(31-63(80)101)90-74(60)111/h6-12,14-19,21-24,33-35,38-40,52-61,65-66,83-84,98H,5,13,20,25-32,36-37H2,1-4H3,(H2,79,100)(H2,80,101)(H2,81,104)(H,82,85)(H,86,99)(H,87,107)(H,88,105)(H,89,108)(H,90,111)(H,91,106)(H,92,112)(H,93,109)(H,94,113)(H,95,114)(H,96,110)(H,102,103)/t39-,40+,52-,53-,54-,55-,56-,57-,58-,59-,60-,61-,65-,66-/m0/s1. The molecule has 15 amide bonds. The number of rotatable bonds is 29. The number of carbonyl (C=O) groups is 16. The molecule has 622 valence electrons. The summed E-state index contributed by atoms with van der Waals surface area (Å²) in [6, 6.07) is 9.03. The molecule has 5 heterocycles. The van der Waals surface area contributed by atoms with E-state index in [9.17, 15) is 63.0 Å². The molecule has 39 heteroatoms. The molecule has 0 saturated carbocycles. The summed E-state index contributed by atoms with van der Waals surface area (Å²) in [6.45, 7) is 5.58. The van der Waals surface area contributed by atoms with Gasteiger partial charge in [-0.2, -0.15) is 0 Å². The number of para-hydroxylation sites is 2. The summed E-state index contributed by atoms with van der Waals surface area (Å²) in [4.78, 5) is 243. The highest BCUT2D eigenvalue weighted by Gasteiger charge is 2.42. The number of carboxylic acids is 1. The van der Waals surface area contributed by atoms with E-state index in [2.05, 4.69) is 78.4 Å². The highest BCUT2D eigenvalue weighted by atomic mass is 33.1. The zero-order valence-corrected chi connectivity index (χ0v) is 65.9. The Morgan fingerprint density at radius 2 is 1.08 bits per heavy atom. The smallest absolute Gasteiger partial charge is 0.305 e. The van der Waals surface area contributed by atoms with Gasteiger partial charge in [-0.15, -0.1) is 0 Å². The second-order valence-electron chi connectivity index (χ2n) is 28.6. The maximum Gasteiger partial charge on any atom is 0.305 e. The van der Waals surface area contributed by atoms with E-state index in [0.717, 1.165) is 32.8 Å². The lowest BCUT2D eigenvalue weighted by molar-refractivity contribution is -0.142. The highest BCUT2D eigenvalue weighted by Crippen LogP contribution is 2.28. The van der Waals surface area contributed by atoms with Gasteiger partial charge in [0.25, 0.3) is 0 Å². The van der Waals surface area contributed by atoms with Gasteiger partial charge >= 0.3 is 5.97 Å². The van der Waals surface area contributed by atoms with Crippen molar-refractivity contribution in [3.63, 3.8) is 0 Å². The number of fused-ring (bicyclic) bond motifs is 2.